The Morgan fingerprint density at radius 1 is 0.925 bits per heavy atom. The summed E-state index contributed by atoms with van der Waals surface area (Å²) >= 11 is 6.64. The van der Waals surface area contributed by atoms with Crippen LogP contribution in [0.2, 0.25) is 5.02 Å². The van der Waals surface area contributed by atoms with Crippen LogP contribution >= 0.6 is 19.2 Å². The van der Waals surface area contributed by atoms with Gasteiger partial charge in [-0.3, -0.25) is 13.9 Å². The van der Waals surface area contributed by atoms with Gasteiger partial charge < -0.3 is 9.88 Å². The number of carbonyl (C=O) groups is 1. The number of fused-ring (bicyclic) bond motifs is 1. The maximum atomic E-state index is 13.4. The molecule has 0 saturated heterocycles. The summed E-state index contributed by atoms with van der Waals surface area (Å²) in [4.78, 5) is 31.6. The normalized spacial score (nSPS) is 13.5. The highest BCUT2D eigenvalue weighted by atomic mass is 35.5. The second kappa shape index (κ2) is 10.8. The number of rotatable bonds is 8. The molecule has 0 spiro atoms. The summed E-state index contributed by atoms with van der Waals surface area (Å²) in [6, 6.07) is 27.8. The number of hydrogen-bond donors (Lipinski definition) is 2. The number of aromatic amines is 1. The Kier molecular flexibility index (Phi) is 7.56. The van der Waals surface area contributed by atoms with Gasteiger partial charge in [-0.15, -0.1) is 0 Å². The van der Waals surface area contributed by atoms with E-state index in [1.165, 1.54) is 12.1 Å². The largest absolute Gasteiger partial charge is 0.359 e. The molecule has 0 aliphatic carbocycles. The summed E-state index contributed by atoms with van der Waals surface area (Å²) in [5.74, 6) is -0.297. The van der Waals surface area contributed by atoms with Crippen molar-refractivity contribution in [2.45, 2.75) is 33.3 Å². The van der Waals surface area contributed by atoms with Gasteiger partial charge in [0.15, 0.2) is 5.82 Å². The first-order chi connectivity index (χ1) is 18.9. The molecule has 1 aromatic heterocycles. The van der Waals surface area contributed by atoms with E-state index in [1.54, 1.807) is 32.0 Å². The maximum absolute atomic E-state index is 13.4. The molecule has 204 valence electrons. The fourth-order valence-corrected chi connectivity index (χ4v) is 6.07. The third-order valence-corrected chi connectivity index (χ3v) is 9.23. The second-order valence-electron chi connectivity index (χ2n) is 10.6. The van der Waals surface area contributed by atoms with Gasteiger partial charge in [-0.2, -0.15) is 0 Å². The van der Waals surface area contributed by atoms with Crippen LogP contribution in [0, 0.1) is 5.92 Å². The van der Waals surface area contributed by atoms with Crippen LogP contribution in [0.5, 0.6) is 0 Å². The number of nitrogens with one attached hydrogen (secondary N) is 1. The summed E-state index contributed by atoms with van der Waals surface area (Å²) in [6.07, 6.45) is 0. The topological polar surface area (TPSA) is 92.3 Å². The van der Waals surface area contributed by atoms with Crippen LogP contribution in [0.1, 0.15) is 43.9 Å². The number of carbonyl (C=O) groups excluding carboxylic acids is 1. The lowest BCUT2D eigenvalue weighted by Crippen LogP contribution is -2.31. The lowest BCUT2D eigenvalue weighted by atomic mass is 9.95. The minimum atomic E-state index is -4.18. The van der Waals surface area contributed by atoms with E-state index in [9.17, 15) is 14.3 Å². The number of hydrogen-bond acceptors (Lipinski definition) is 4. The summed E-state index contributed by atoms with van der Waals surface area (Å²) in [5.41, 5.74) is 4.54. The molecule has 1 heterocycles. The second-order valence-corrected chi connectivity index (χ2v) is 12.8. The smallest absolute Gasteiger partial charge is 0.335 e. The van der Waals surface area contributed by atoms with Crippen molar-refractivity contribution in [3.8, 4) is 22.3 Å². The summed E-state index contributed by atoms with van der Waals surface area (Å²) in [6.45, 7) is 7.36. The molecule has 8 heteroatoms. The van der Waals surface area contributed by atoms with Crippen molar-refractivity contribution in [1.29, 1.82) is 0 Å². The fourth-order valence-electron chi connectivity index (χ4n) is 4.27. The van der Waals surface area contributed by atoms with Gasteiger partial charge in [-0.1, -0.05) is 92.2 Å². The molecule has 2 N–H and O–H groups in total. The van der Waals surface area contributed by atoms with E-state index in [2.05, 4.69) is 22.1 Å². The molecule has 0 radical (unpaired) electrons. The summed E-state index contributed by atoms with van der Waals surface area (Å²) in [5, 5.41) is 0.572. The Labute approximate surface area is 238 Å². The zero-order valence-corrected chi connectivity index (χ0v) is 24.3. The zero-order valence-electron chi connectivity index (χ0n) is 22.7. The Balaban J connectivity index is 1.43. The highest BCUT2D eigenvalue weighted by Crippen LogP contribution is 2.47. The lowest BCUT2D eigenvalue weighted by molar-refractivity contribution is 0.0511. The number of nitrogens with zero attached hydrogens (tertiary/aromatic N) is 1. The van der Waals surface area contributed by atoms with Crippen molar-refractivity contribution < 1.29 is 18.8 Å². The number of H-pyrrole nitrogens is 1. The van der Waals surface area contributed by atoms with Crippen molar-refractivity contribution in [2.24, 2.45) is 5.92 Å². The molecule has 0 fully saturated rings. The van der Waals surface area contributed by atoms with Crippen LogP contribution in [0.3, 0.4) is 0 Å². The monoisotopic (exact) mass is 572 g/mol. The van der Waals surface area contributed by atoms with Crippen molar-refractivity contribution in [3.63, 3.8) is 0 Å². The van der Waals surface area contributed by atoms with Crippen LogP contribution in [-0.4, -0.2) is 26.2 Å². The number of imidazole rings is 1. The highest BCUT2D eigenvalue weighted by Gasteiger charge is 2.35. The minimum absolute atomic E-state index is 0.00634. The van der Waals surface area contributed by atoms with Crippen LogP contribution in [0.4, 0.5) is 0 Å². The standard InChI is InChI=1S/C32H30ClN2O4P/c1-20(2)32(3,4)39-40(37,38)25-12-8-11-24(17-25)30(36)31-34-28-18-26(27(33)19-29(28)35-31)23-15-13-22(14-16-23)21-9-6-5-7-10-21/h5-20H,1-4H3,(H,34,35)(H,37,38). The molecule has 4 aromatic carbocycles. The fraction of sp³-hybridized carbons (Fsp3) is 0.188. The average molecular weight is 573 g/mol. The molecule has 0 amide bonds. The van der Waals surface area contributed by atoms with E-state index in [4.69, 9.17) is 16.1 Å². The molecule has 5 aromatic rings. The van der Waals surface area contributed by atoms with Crippen LogP contribution in [-0.2, 0) is 9.09 Å². The molecule has 0 aliphatic rings. The third-order valence-electron chi connectivity index (χ3n) is 7.27. The molecule has 40 heavy (non-hydrogen) atoms. The van der Waals surface area contributed by atoms with Gasteiger partial charge >= 0.3 is 7.60 Å². The Bertz CT molecular complexity index is 1740. The van der Waals surface area contributed by atoms with Crippen LogP contribution in [0.25, 0.3) is 33.3 Å². The molecular formula is C32H30ClN2O4P. The van der Waals surface area contributed by atoms with E-state index >= 15 is 0 Å². The predicted octanol–water partition coefficient (Wildman–Crippen LogP) is 8.04. The highest BCUT2D eigenvalue weighted by molar-refractivity contribution is 7.61. The van der Waals surface area contributed by atoms with Crippen molar-refractivity contribution in [1.82, 2.24) is 9.97 Å². The van der Waals surface area contributed by atoms with Crippen LogP contribution in [0.15, 0.2) is 91.0 Å². The van der Waals surface area contributed by atoms with Crippen LogP contribution < -0.4 is 5.30 Å². The Morgan fingerprint density at radius 2 is 1.57 bits per heavy atom. The summed E-state index contributed by atoms with van der Waals surface area (Å²) < 4.78 is 18.7. The van der Waals surface area contributed by atoms with Crippen molar-refractivity contribution >= 4 is 41.3 Å². The minimum Gasteiger partial charge on any atom is -0.335 e. The number of halogens is 1. The van der Waals surface area contributed by atoms with Crippen molar-refractivity contribution in [3.05, 3.63) is 107 Å². The van der Waals surface area contributed by atoms with Gasteiger partial charge in [-0.25, -0.2) is 4.98 Å². The zero-order chi connectivity index (χ0) is 28.7. The first kappa shape index (κ1) is 28.0. The number of aromatic nitrogens is 2. The molecule has 0 bridgehead atoms. The van der Waals surface area contributed by atoms with E-state index in [0.29, 0.717) is 16.1 Å². The number of benzene rings is 4. The van der Waals surface area contributed by atoms with Gasteiger partial charge in [0.25, 0.3) is 0 Å². The lowest BCUT2D eigenvalue weighted by Gasteiger charge is -2.31. The van der Waals surface area contributed by atoms with Gasteiger partial charge in [0.1, 0.15) is 0 Å². The predicted molar refractivity (Wildman–Crippen MR) is 161 cm³/mol. The molecule has 6 nitrogen and oxygen atoms in total. The third kappa shape index (κ3) is 5.67. The van der Waals surface area contributed by atoms with Gasteiger partial charge in [-0.05, 0) is 60.7 Å². The molecular weight excluding hydrogens is 543 g/mol. The van der Waals surface area contributed by atoms with E-state index in [-0.39, 0.29) is 22.6 Å². The van der Waals surface area contributed by atoms with Gasteiger partial charge in [0, 0.05) is 11.1 Å². The first-order valence-electron chi connectivity index (χ1n) is 13.0. The Morgan fingerprint density at radius 3 is 2.25 bits per heavy atom. The summed E-state index contributed by atoms with van der Waals surface area (Å²) in [7, 11) is -4.18. The average Bonchev–Trinajstić information content (AvgIpc) is 3.35. The van der Waals surface area contributed by atoms with Crippen molar-refractivity contribution in [2.75, 3.05) is 0 Å². The molecule has 0 saturated carbocycles. The SMILES string of the molecule is CC(C)C(C)(C)OP(=O)(O)c1cccc(C(=O)c2nc3cc(-c4ccc(-c5ccccc5)cc4)c(Cl)cc3[nH]2)c1. The molecule has 1 unspecified atom stereocenters. The van der Waals surface area contributed by atoms with E-state index in [1.807, 2.05) is 62.4 Å². The quantitative estimate of drug-likeness (QED) is 0.145. The van der Waals surface area contributed by atoms with E-state index in [0.717, 1.165) is 22.3 Å². The number of ketones is 1. The van der Waals surface area contributed by atoms with E-state index < -0.39 is 19.0 Å². The van der Waals surface area contributed by atoms with Gasteiger partial charge in [0.05, 0.1) is 27.0 Å². The molecule has 0 aliphatic heterocycles. The first-order valence-corrected chi connectivity index (χ1v) is 14.9. The molecule has 5 rings (SSSR count). The van der Waals surface area contributed by atoms with Gasteiger partial charge in [0.2, 0.25) is 5.78 Å². The maximum Gasteiger partial charge on any atom is 0.359 e. The Hall–Kier alpha value is -3.54. The molecule has 1 atom stereocenters.